The van der Waals surface area contributed by atoms with E-state index in [2.05, 4.69) is 6.92 Å². The molecule has 0 bridgehead atoms. The van der Waals surface area contributed by atoms with E-state index in [1.54, 1.807) is 0 Å². The monoisotopic (exact) mass is 236 g/mol. The molecule has 96 valence electrons. The van der Waals surface area contributed by atoms with Crippen molar-refractivity contribution in [3.05, 3.63) is 0 Å². The van der Waals surface area contributed by atoms with Crippen LogP contribution in [0.5, 0.6) is 0 Å². The Kier molecular flexibility index (Phi) is 3.02. The predicted molar refractivity (Wildman–Crippen MR) is 66.8 cm³/mol. The van der Waals surface area contributed by atoms with Crippen LogP contribution in [0.25, 0.3) is 0 Å². The van der Waals surface area contributed by atoms with E-state index < -0.39 is 0 Å². The maximum atomic E-state index is 12.5. The largest absolute Gasteiger partial charge is 0.375 e. The molecule has 0 aromatic heterocycles. The Morgan fingerprint density at radius 3 is 2.59 bits per heavy atom. The van der Waals surface area contributed by atoms with Crippen LogP contribution in [-0.2, 0) is 9.53 Å². The molecule has 17 heavy (non-hydrogen) atoms. The third-order valence-electron chi connectivity index (χ3n) is 5.19. The fraction of sp³-hybridized carbons (Fsp3) is 0.933. The first-order chi connectivity index (χ1) is 8.20. The standard InChI is InChI=1S/C15H24O2/c1-11(12-4-5-12)14(16)13-6-9-17-15(10-13)7-2-3-8-15/h11-13H,2-10H2,1H3. The Balaban J connectivity index is 1.64. The van der Waals surface area contributed by atoms with Crippen molar-refractivity contribution < 1.29 is 9.53 Å². The zero-order valence-corrected chi connectivity index (χ0v) is 10.9. The summed E-state index contributed by atoms with van der Waals surface area (Å²) in [5.41, 5.74) is 0.0991. The second-order valence-electron chi connectivity index (χ2n) is 6.46. The van der Waals surface area contributed by atoms with Crippen LogP contribution in [0.4, 0.5) is 0 Å². The summed E-state index contributed by atoms with van der Waals surface area (Å²) >= 11 is 0. The Bertz CT molecular complexity index is 300. The molecule has 0 aromatic rings. The highest BCUT2D eigenvalue weighted by Gasteiger charge is 2.44. The van der Waals surface area contributed by atoms with Gasteiger partial charge in [-0.05, 0) is 44.4 Å². The quantitative estimate of drug-likeness (QED) is 0.751. The van der Waals surface area contributed by atoms with Crippen LogP contribution < -0.4 is 0 Å². The van der Waals surface area contributed by atoms with Crippen molar-refractivity contribution in [1.29, 1.82) is 0 Å². The zero-order chi connectivity index (χ0) is 11.9. The van der Waals surface area contributed by atoms with Gasteiger partial charge in [-0.1, -0.05) is 19.8 Å². The molecule has 2 aliphatic carbocycles. The van der Waals surface area contributed by atoms with Gasteiger partial charge in [0.1, 0.15) is 5.78 Å². The van der Waals surface area contributed by atoms with Crippen molar-refractivity contribution in [3.63, 3.8) is 0 Å². The highest BCUT2D eigenvalue weighted by molar-refractivity contribution is 5.83. The van der Waals surface area contributed by atoms with Gasteiger partial charge in [0.15, 0.2) is 0 Å². The minimum Gasteiger partial charge on any atom is -0.375 e. The van der Waals surface area contributed by atoms with Crippen molar-refractivity contribution in [2.45, 2.75) is 63.9 Å². The van der Waals surface area contributed by atoms with Crippen molar-refractivity contribution in [2.24, 2.45) is 17.8 Å². The van der Waals surface area contributed by atoms with E-state index in [0.29, 0.717) is 23.5 Å². The Morgan fingerprint density at radius 1 is 1.24 bits per heavy atom. The summed E-state index contributed by atoms with van der Waals surface area (Å²) in [7, 11) is 0. The highest BCUT2D eigenvalue weighted by Crippen LogP contribution is 2.45. The number of carbonyl (C=O) groups is 1. The normalized spacial score (nSPS) is 33.8. The highest BCUT2D eigenvalue weighted by atomic mass is 16.5. The molecular weight excluding hydrogens is 212 g/mol. The van der Waals surface area contributed by atoms with E-state index in [-0.39, 0.29) is 5.60 Å². The van der Waals surface area contributed by atoms with Crippen LogP contribution in [0, 0.1) is 17.8 Å². The van der Waals surface area contributed by atoms with Crippen molar-refractivity contribution in [2.75, 3.05) is 6.61 Å². The van der Waals surface area contributed by atoms with E-state index in [1.807, 2.05) is 0 Å². The molecule has 2 nitrogen and oxygen atoms in total. The molecule has 3 fully saturated rings. The van der Waals surface area contributed by atoms with E-state index >= 15 is 0 Å². The number of rotatable bonds is 3. The lowest BCUT2D eigenvalue weighted by molar-refractivity contribution is -0.140. The molecule has 2 atom stereocenters. The lowest BCUT2D eigenvalue weighted by atomic mass is 9.78. The first-order valence-corrected chi connectivity index (χ1v) is 7.38. The van der Waals surface area contributed by atoms with Gasteiger partial charge in [-0.3, -0.25) is 4.79 Å². The van der Waals surface area contributed by atoms with Gasteiger partial charge in [-0.2, -0.15) is 0 Å². The average Bonchev–Trinajstić information content (AvgIpc) is 3.11. The van der Waals surface area contributed by atoms with Crippen LogP contribution >= 0.6 is 0 Å². The SMILES string of the molecule is CC(C(=O)C1CCOC2(CCCC2)C1)C1CC1. The zero-order valence-electron chi connectivity index (χ0n) is 10.9. The van der Waals surface area contributed by atoms with Crippen LogP contribution in [0.1, 0.15) is 58.3 Å². The Morgan fingerprint density at radius 2 is 1.94 bits per heavy atom. The summed E-state index contributed by atoms with van der Waals surface area (Å²) in [6.07, 6.45) is 9.50. The molecule has 1 saturated heterocycles. The van der Waals surface area contributed by atoms with Gasteiger partial charge in [-0.25, -0.2) is 0 Å². The molecule has 1 heterocycles. The smallest absolute Gasteiger partial charge is 0.139 e. The first kappa shape index (κ1) is 11.7. The summed E-state index contributed by atoms with van der Waals surface area (Å²) < 4.78 is 6.01. The number of Topliss-reactive ketones (excluding diaryl/α,β-unsaturated/α-hetero) is 1. The molecular formula is C15H24O2. The lowest BCUT2D eigenvalue weighted by Gasteiger charge is -2.38. The lowest BCUT2D eigenvalue weighted by Crippen LogP contribution is -2.41. The van der Waals surface area contributed by atoms with Gasteiger partial charge in [0, 0.05) is 18.4 Å². The van der Waals surface area contributed by atoms with E-state index in [1.165, 1.54) is 38.5 Å². The molecule has 0 amide bonds. The van der Waals surface area contributed by atoms with Gasteiger partial charge in [0.05, 0.1) is 5.60 Å². The fourth-order valence-corrected chi connectivity index (χ4v) is 3.84. The Hall–Kier alpha value is -0.370. The number of ketones is 1. The summed E-state index contributed by atoms with van der Waals surface area (Å²) in [5.74, 6) is 1.88. The minimum atomic E-state index is 0.0991. The van der Waals surface area contributed by atoms with Crippen molar-refractivity contribution in [3.8, 4) is 0 Å². The van der Waals surface area contributed by atoms with Gasteiger partial charge in [0.2, 0.25) is 0 Å². The topological polar surface area (TPSA) is 26.3 Å². The van der Waals surface area contributed by atoms with Crippen molar-refractivity contribution >= 4 is 5.78 Å². The van der Waals surface area contributed by atoms with Gasteiger partial charge < -0.3 is 4.74 Å². The number of ether oxygens (including phenoxy) is 1. The fourth-order valence-electron chi connectivity index (χ4n) is 3.84. The van der Waals surface area contributed by atoms with Crippen molar-refractivity contribution in [1.82, 2.24) is 0 Å². The maximum Gasteiger partial charge on any atom is 0.139 e. The molecule has 1 spiro atoms. The Labute approximate surface area is 104 Å². The molecule has 0 N–H and O–H groups in total. The summed E-state index contributed by atoms with van der Waals surface area (Å²) in [6.45, 7) is 2.96. The molecule has 0 aromatic carbocycles. The molecule has 3 aliphatic rings. The third kappa shape index (κ3) is 2.29. The van der Waals surface area contributed by atoms with E-state index in [9.17, 15) is 4.79 Å². The molecule has 2 saturated carbocycles. The van der Waals surface area contributed by atoms with Crippen LogP contribution in [-0.4, -0.2) is 18.0 Å². The molecule has 2 unspecified atom stereocenters. The average molecular weight is 236 g/mol. The van der Waals surface area contributed by atoms with E-state index in [4.69, 9.17) is 4.74 Å². The van der Waals surface area contributed by atoms with E-state index in [0.717, 1.165) is 19.4 Å². The van der Waals surface area contributed by atoms with Crippen LogP contribution in [0.2, 0.25) is 0 Å². The summed E-state index contributed by atoms with van der Waals surface area (Å²) in [5, 5.41) is 0. The number of hydrogen-bond donors (Lipinski definition) is 0. The third-order valence-corrected chi connectivity index (χ3v) is 5.19. The second kappa shape index (κ2) is 4.38. The number of carbonyl (C=O) groups excluding carboxylic acids is 1. The summed E-state index contributed by atoms with van der Waals surface area (Å²) in [6, 6.07) is 0. The molecule has 3 rings (SSSR count). The maximum absolute atomic E-state index is 12.5. The van der Waals surface area contributed by atoms with Crippen LogP contribution in [0.15, 0.2) is 0 Å². The first-order valence-electron chi connectivity index (χ1n) is 7.38. The van der Waals surface area contributed by atoms with Gasteiger partial charge in [-0.15, -0.1) is 0 Å². The predicted octanol–water partition coefficient (Wildman–Crippen LogP) is 3.34. The summed E-state index contributed by atoms with van der Waals surface area (Å²) in [4.78, 5) is 12.5. The minimum absolute atomic E-state index is 0.0991. The second-order valence-corrected chi connectivity index (χ2v) is 6.46. The number of hydrogen-bond acceptors (Lipinski definition) is 2. The van der Waals surface area contributed by atoms with Gasteiger partial charge in [0.25, 0.3) is 0 Å². The molecule has 1 aliphatic heterocycles. The van der Waals surface area contributed by atoms with Crippen LogP contribution in [0.3, 0.4) is 0 Å². The molecule has 0 radical (unpaired) electrons. The molecule has 2 heteroatoms. The van der Waals surface area contributed by atoms with Gasteiger partial charge >= 0.3 is 0 Å².